The number of rotatable bonds is 6. The van der Waals surface area contributed by atoms with Gasteiger partial charge >= 0.3 is 0 Å². The topological polar surface area (TPSA) is 9.23 Å². The zero-order valence-electron chi connectivity index (χ0n) is 9.20. The molecule has 0 N–H and O–H groups in total. The second-order valence-electron chi connectivity index (χ2n) is 3.60. The van der Waals surface area contributed by atoms with Crippen molar-refractivity contribution in [1.82, 2.24) is 0 Å². The molecule has 1 aromatic rings. The van der Waals surface area contributed by atoms with Crippen LogP contribution in [0.25, 0.3) is 0 Å². The first-order valence-corrected chi connectivity index (χ1v) is 6.28. The average Bonchev–Trinajstić information content (AvgIpc) is 2.20. The van der Waals surface area contributed by atoms with Gasteiger partial charge < -0.3 is 4.74 Å². The van der Waals surface area contributed by atoms with E-state index in [0.717, 1.165) is 23.7 Å². The van der Waals surface area contributed by atoms with Crippen LogP contribution in [-0.4, -0.2) is 18.5 Å². The monoisotopic (exact) mass is 228 g/mol. The molecule has 0 aliphatic heterocycles. The van der Waals surface area contributed by atoms with Crippen LogP contribution in [0, 0.1) is 5.82 Å². The molecule has 84 valence electrons. The Balaban J connectivity index is 2.12. The van der Waals surface area contributed by atoms with Gasteiger partial charge in [-0.15, -0.1) is 0 Å². The molecule has 0 aromatic heterocycles. The maximum atomic E-state index is 12.6. The van der Waals surface area contributed by atoms with Gasteiger partial charge in [-0.2, -0.15) is 11.8 Å². The van der Waals surface area contributed by atoms with Gasteiger partial charge in [0.05, 0.1) is 12.7 Å². The first-order chi connectivity index (χ1) is 7.18. The van der Waals surface area contributed by atoms with E-state index >= 15 is 0 Å². The van der Waals surface area contributed by atoms with Gasteiger partial charge in [0.25, 0.3) is 0 Å². The molecule has 0 bridgehead atoms. The summed E-state index contributed by atoms with van der Waals surface area (Å²) in [6, 6.07) is 6.65. The van der Waals surface area contributed by atoms with Crippen molar-refractivity contribution in [3.8, 4) is 0 Å². The van der Waals surface area contributed by atoms with E-state index < -0.39 is 0 Å². The maximum Gasteiger partial charge on any atom is 0.123 e. The summed E-state index contributed by atoms with van der Waals surface area (Å²) < 4.78 is 18.0. The normalized spacial score (nSPS) is 10.9. The molecule has 0 aliphatic carbocycles. The lowest BCUT2D eigenvalue weighted by Crippen LogP contribution is -2.05. The van der Waals surface area contributed by atoms with E-state index in [1.807, 2.05) is 26.0 Å². The summed E-state index contributed by atoms with van der Waals surface area (Å²) in [5.41, 5.74) is 1.16. The lowest BCUT2D eigenvalue weighted by molar-refractivity contribution is 0.0920. The van der Waals surface area contributed by atoms with Gasteiger partial charge in [-0.3, -0.25) is 0 Å². The summed E-state index contributed by atoms with van der Waals surface area (Å²) in [5, 5.41) is 0. The van der Waals surface area contributed by atoms with Crippen LogP contribution in [0.15, 0.2) is 24.3 Å². The highest BCUT2D eigenvalue weighted by Gasteiger charge is 1.96. The van der Waals surface area contributed by atoms with Crippen LogP contribution in [0.1, 0.15) is 19.4 Å². The quantitative estimate of drug-likeness (QED) is 0.689. The van der Waals surface area contributed by atoms with Gasteiger partial charge in [-0.05, 0) is 31.5 Å². The molecule has 15 heavy (non-hydrogen) atoms. The molecule has 1 rings (SSSR count). The minimum Gasteiger partial charge on any atom is -0.378 e. The standard InChI is InChI=1S/C12H17FOS/c1-10(2)14-7-8-15-9-11-3-5-12(13)6-4-11/h3-6,10H,7-9H2,1-2H3. The van der Waals surface area contributed by atoms with Gasteiger partial charge in [0, 0.05) is 11.5 Å². The van der Waals surface area contributed by atoms with Crippen LogP contribution in [0.2, 0.25) is 0 Å². The summed E-state index contributed by atoms with van der Waals surface area (Å²) >= 11 is 1.81. The molecule has 0 aliphatic rings. The predicted octanol–water partition coefficient (Wildman–Crippen LogP) is 3.48. The molecule has 0 fully saturated rings. The van der Waals surface area contributed by atoms with Crippen LogP contribution in [0.4, 0.5) is 4.39 Å². The summed E-state index contributed by atoms with van der Waals surface area (Å²) in [5.74, 6) is 1.73. The van der Waals surface area contributed by atoms with Gasteiger partial charge in [-0.1, -0.05) is 12.1 Å². The average molecular weight is 228 g/mol. The van der Waals surface area contributed by atoms with E-state index in [1.165, 1.54) is 12.1 Å². The number of hydrogen-bond donors (Lipinski definition) is 0. The van der Waals surface area contributed by atoms with E-state index in [2.05, 4.69) is 0 Å². The third-order valence-corrected chi connectivity index (χ3v) is 2.85. The molecule has 0 atom stereocenters. The minimum atomic E-state index is -0.174. The van der Waals surface area contributed by atoms with Crippen LogP contribution in [-0.2, 0) is 10.5 Å². The Kier molecular flexibility index (Phi) is 5.73. The molecule has 0 saturated heterocycles. The van der Waals surface area contributed by atoms with E-state index in [9.17, 15) is 4.39 Å². The summed E-state index contributed by atoms with van der Waals surface area (Å²) in [7, 11) is 0. The SMILES string of the molecule is CC(C)OCCSCc1ccc(F)cc1. The van der Waals surface area contributed by atoms with Crippen molar-refractivity contribution in [3.05, 3.63) is 35.6 Å². The van der Waals surface area contributed by atoms with Crippen molar-refractivity contribution in [2.24, 2.45) is 0 Å². The molecule has 1 nitrogen and oxygen atoms in total. The Hall–Kier alpha value is -0.540. The number of ether oxygens (including phenoxy) is 1. The number of thioether (sulfide) groups is 1. The lowest BCUT2D eigenvalue weighted by atomic mass is 10.2. The van der Waals surface area contributed by atoms with Crippen LogP contribution in [0.3, 0.4) is 0 Å². The number of benzene rings is 1. The highest BCUT2D eigenvalue weighted by Crippen LogP contribution is 2.12. The third kappa shape index (κ3) is 5.80. The van der Waals surface area contributed by atoms with E-state index in [1.54, 1.807) is 11.8 Å². The molecule has 3 heteroatoms. The fourth-order valence-electron chi connectivity index (χ4n) is 1.11. The van der Waals surface area contributed by atoms with Crippen molar-refractivity contribution in [2.75, 3.05) is 12.4 Å². The molecule has 0 heterocycles. The smallest absolute Gasteiger partial charge is 0.123 e. The van der Waals surface area contributed by atoms with Crippen molar-refractivity contribution in [1.29, 1.82) is 0 Å². The van der Waals surface area contributed by atoms with Crippen molar-refractivity contribution < 1.29 is 9.13 Å². The van der Waals surface area contributed by atoms with Gasteiger partial charge in [0.15, 0.2) is 0 Å². The van der Waals surface area contributed by atoms with Crippen LogP contribution >= 0.6 is 11.8 Å². The first-order valence-electron chi connectivity index (χ1n) is 5.12. The Bertz CT molecular complexity index is 271. The first kappa shape index (κ1) is 12.5. The highest BCUT2D eigenvalue weighted by atomic mass is 32.2. The number of hydrogen-bond acceptors (Lipinski definition) is 2. The Morgan fingerprint density at radius 1 is 1.27 bits per heavy atom. The molecule has 0 radical (unpaired) electrons. The Labute approximate surface area is 95.0 Å². The second kappa shape index (κ2) is 6.85. The third-order valence-electron chi connectivity index (χ3n) is 1.86. The van der Waals surface area contributed by atoms with Gasteiger partial charge in [-0.25, -0.2) is 4.39 Å². The molecule has 0 unspecified atom stereocenters. The second-order valence-corrected chi connectivity index (χ2v) is 4.70. The van der Waals surface area contributed by atoms with E-state index in [-0.39, 0.29) is 5.82 Å². The lowest BCUT2D eigenvalue weighted by Gasteiger charge is -2.06. The maximum absolute atomic E-state index is 12.6. The molecule has 0 saturated carbocycles. The fourth-order valence-corrected chi connectivity index (χ4v) is 1.90. The molecule has 0 spiro atoms. The summed E-state index contributed by atoms with van der Waals surface area (Å²) in [6.07, 6.45) is 0.302. The zero-order chi connectivity index (χ0) is 11.1. The van der Waals surface area contributed by atoms with Gasteiger partial charge in [0.1, 0.15) is 5.82 Å². The van der Waals surface area contributed by atoms with Crippen LogP contribution in [0.5, 0.6) is 0 Å². The van der Waals surface area contributed by atoms with E-state index in [0.29, 0.717) is 6.10 Å². The minimum absolute atomic E-state index is 0.174. The highest BCUT2D eigenvalue weighted by molar-refractivity contribution is 7.98. The molecular formula is C12H17FOS. The largest absolute Gasteiger partial charge is 0.378 e. The van der Waals surface area contributed by atoms with Crippen molar-refractivity contribution in [2.45, 2.75) is 25.7 Å². The summed E-state index contributed by atoms with van der Waals surface area (Å²) in [4.78, 5) is 0. The molecule has 1 aromatic carbocycles. The van der Waals surface area contributed by atoms with E-state index in [4.69, 9.17) is 4.74 Å². The molecule has 0 amide bonds. The zero-order valence-corrected chi connectivity index (χ0v) is 10.0. The van der Waals surface area contributed by atoms with Crippen molar-refractivity contribution in [3.63, 3.8) is 0 Å². The fraction of sp³-hybridized carbons (Fsp3) is 0.500. The predicted molar refractivity (Wildman–Crippen MR) is 63.7 cm³/mol. The Morgan fingerprint density at radius 2 is 1.93 bits per heavy atom. The van der Waals surface area contributed by atoms with Gasteiger partial charge in [0.2, 0.25) is 0 Å². The Morgan fingerprint density at radius 3 is 2.53 bits per heavy atom. The van der Waals surface area contributed by atoms with Crippen molar-refractivity contribution >= 4 is 11.8 Å². The number of halogens is 1. The molecular weight excluding hydrogens is 211 g/mol. The summed E-state index contributed by atoms with van der Waals surface area (Å²) in [6.45, 7) is 4.85. The van der Waals surface area contributed by atoms with Crippen LogP contribution < -0.4 is 0 Å².